The number of carbonyl (C=O) groups excluding carboxylic acids is 2. The lowest BCUT2D eigenvalue weighted by Gasteiger charge is -2.22. The third-order valence-corrected chi connectivity index (χ3v) is 14.8. The predicted molar refractivity (Wildman–Crippen MR) is 319 cm³/mol. The van der Waals surface area contributed by atoms with Crippen molar-refractivity contribution < 1.29 is 24.5 Å². The van der Waals surface area contributed by atoms with Gasteiger partial charge in [-0.3, -0.25) is 9.59 Å². The normalized spacial score (nSPS) is 12.9. The summed E-state index contributed by atoms with van der Waals surface area (Å²) in [5, 5.41) is 23.2. The van der Waals surface area contributed by atoms with Gasteiger partial charge in [-0.25, -0.2) is 0 Å². The van der Waals surface area contributed by atoms with Crippen molar-refractivity contribution in [2.75, 3.05) is 13.2 Å². The zero-order chi connectivity index (χ0) is 52.9. The van der Waals surface area contributed by atoms with Gasteiger partial charge < -0.3 is 20.3 Å². The highest BCUT2D eigenvalue weighted by atomic mass is 16.5. The lowest BCUT2D eigenvalue weighted by molar-refractivity contribution is -0.143. The third kappa shape index (κ3) is 58.9. The Morgan fingerprint density at radius 2 is 0.712 bits per heavy atom. The molecule has 2 atom stereocenters. The second kappa shape index (κ2) is 62.4. The lowest BCUT2D eigenvalue weighted by Crippen LogP contribution is -2.45. The lowest BCUT2D eigenvalue weighted by atomic mass is 10.0. The minimum absolute atomic E-state index is 0.00157. The van der Waals surface area contributed by atoms with Crippen LogP contribution in [-0.4, -0.2) is 47.4 Å². The Kier molecular flexibility index (Phi) is 60.5. The summed E-state index contributed by atoms with van der Waals surface area (Å²) >= 11 is 0. The summed E-state index contributed by atoms with van der Waals surface area (Å²) in [7, 11) is 0. The molecule has 0 aromatic carbocycles. The van der Waals surface area contributed by atoms with Gasteiger partial charge in [0, 0.05) is 12.8 Å². The fourth-order valence-corrected chi connectivity index (χ4v) is 9.89. The summed E-state index contributed by atoms with van der Waals surface area (Å²) in [6, 6.07) is -0.538. The molecule has 2 unspecified atom stereocenters. The number of hydrogen-bond donors (Lipinski definition) is 3. The van der Waals surface area contributed by atoms with Crippen molar-refractivity contribution in [3.05, 3.63) is 48.6 Å². The monoisotopic (exact) mass is 1020 g/mol. The molecule has 3 N–H and O–H groups in total. The van der Waals surface area contributed by atoms with Gasteiger partial charge in [-0.2, -0.15) is 0 Å². The molecule has 73 heavy (non-hydrogen) atoms. The number of hydrogen-bond acceptors (Lipinski definition) is 5. The molecular formula is C67H125NO5. The van der Waals surface area contributed by atoms with Crippen LogP contribution in [0.2, 0.25) is 0 Å². The molecular weight excluding hydrogens is 899 g/mol. The summed E-state index contributed by atoms with van der Waals surface area (Å²) in [4.78, 5) is 24.5. The van der Waals surface area contributed by atoms with Crippen molar-refractivity contribution in [3.63, 3.8) is 0 Å². The van der Waals surface area contributed by atoms with Gasteiger partial charge in [0.2, 0.25) is 5.91 Å². The van der Waals surface area contributed by atoms with Gasteiger partial charge in [-0.15, -0.1) is 0 Å². The van der Waals surface area contributed by atoms with Crippen LogP contribution in [0.5, 0.6) is 0 Å². The Morgan fingerprint density at radius 3 is 1.10 bits per heavy atom. The average molecular weight is 1020 g/mol. The van der Waals surface area contributed by atoms with Gasteiger partial charge >= 0.3 is 5.97 Å². The van der Waals surface area contributed by atoms with Crippen molar-refractivity contribution in [3.8, 4) is 0 Å². The Bertz CT molecular complexity index is 1230. The molecule has 6 heteroatoms. The maximum absolute atomic E-state index is 12.4. The number of unbranched alkanes of at least 4 members (excludes halogenated alkanes) is 41. The van der Waals surface area contributed by atoms with Gasteiger partial charge in [0.05, 0.1) is 25.4 Å². The molecule has 0 aromatic rings. The molecule has 0 bridgehead atoms. The van der Waals surface area contributed by atoms with Crippen molar-refractivity contribution >= 4 is 11.9 Å². The molecule has 1 amide bonds. The van der Waals surface area contributed by atoms with E-state index >= 15 is 0 Å². The van der Waals surface area contributed by atoms with Crippen LogP contribution in [-0.2, 0) is 14.3 Å². The number of aliphatic hydroxyl groups is 2. The molecule has 0 aromatic heterocycles. The highest BCUT2D eigenvalue weighted by Crippen LogP contribution is 2.17. The predicted octanol–water partition coefficient (Wildman–Crippen LogP) is 20.5. The summed E-state index contributed by atoms with van der Waals surface area (Å²) in [5.41, 5.74) is 0. The first kappa shape index (κ1) is 70.8. The largest absolute Gasteiger partial charge is 0.466 e. The van der Waals surface area contributed by atoms with E-state index in [-0.39, 0.29) is 18.5 Å². The summed E-state index contributed by atoms with van der Waals surface area (Å²) in [6.45, 7) is 4.88. The molecule has 0 aliphatic heterocycles. The van der Waals surface area contributed by atoms with Gasteiger partial charge in [-0.1, -0.05) is 294 Å². The van der Waals surface area contributed by atoms with Crippen LogP contribution < -0.4 is 5.32 Å². The van der Waals surface area contributed by atoms with E-state index in [9.17, 15) is 19.8 Å². The number of rotatable bonds is 60. The van der Waals surface area contributed by atoms with Gasteiger partial charge in [0.1, 0.15) is 0 Å². The second-order valence-corrected chi connectivity index (χ2v) is 22.1. The van der Waals surface area contributed by atoms with Crippen LogP contribution in [0.15, 0.2) is 48.6 Å². The summed E-state index contributed by atoms with van der Waals surface area (Å²) in [5.74, 6) is -0.0357. The molecule has 0 radical (unpaired) electrons. The van der Waals surface area contributed by atoms with E-state index in [0.717, 1.165) is 57.8 Å². The SMILES string of the molecule is CCC/C=C\C/C=C\CCCCCCCC(=O)OCCCCCCCCCCC/C=C\C/C=C\CCCCCCCCCCCCCCCCCCCC(=O)NC(CO)C(O)CCCCCCCCCCCC. The molecule has 0 saturated heterocycles. The number of allylic oxidation sites excluding steroid dienone is 8. The number of amides is 1. The van der Waals surface area contributed by atoms with Gasteiger partial charge in [-0.05, 0) is 83.5 Å². The van der Waals surface area contributed by atoms with Crippen LogP contribution in [0.25, 0.3) is 0 Å². The van der Waals surface area contributed by atoms with Gasteiger partial charge in [0.25, 0.3) is 0 Å². The van der Waals surface area contributed by atoms with Crippen LogP contribution in [0.3, 0.4) is 0 Å². The first-order valence-corrected chi connectivity index (χ1v) is 32.4. The highest BCUT2D eigenvalue weighted by molar-refractivity contribution is 5.76. The molecule has 0 fully saturated rings. The van der Waals surface area contributed by atoms with E-state index in [1.807, 2.05) is 0 Å². The fourth-order valence-electron chi connectivity index (χ4n) is 9.89. The van der Waals surface area contributed by atoms with E-state index in [0.29, 0.717) is 25.9 Å². The Balaban J connectivity index is 3.37. The van der Waals surface area contributed by atoms with E-state index in [2.05, 4.69) is 67.8 Å². The van der Waals surface area contributed by atoms with Crippen molar-refractivity contribution in [2.45, 2.75) is 353 Å². The molecule has 428 valence electrons. The zero-order valence-corrected chi connectivity index (χ0v) is 48.9. The van der Waals surface area contributed by atoms with E-state index in [1.54, 1.807) is 0 Å². The maximum atomic E-state index is 12.4. The Labute approximate surface area is 455 Å². The van der Waals surface area contributed by atoms with Crippen LogP contribution >= 0.6 is 0 Å². The van der Waals surface area contributed by atoms with E-state index in [1.165, 1.54) is 250 Å². The van der Waals surface area contributed by atoms with Gasteiger partial charge in [0.15, 0.2) is 0 Å². The first-order chi connectivity index (χ1) is 36.0. The van der Waals surface area contributed by atoms with Crippen molar-refractivity contribution in [1.29, 1.82) is 0 Å². The minimum atomic E-state index is -0.661. The smallest absolute Gasteiger partial charge is 0.305 e. The standard InChI is InChI=1S/C67H125NO5/c1-3-5-7-9-11-13-15-37-41-45-49-53-57-61-67(72)73-62-58-54-50-46-42-39-36-34-32-30-28-26-24-22-20-18-16-17-19-21-23-25-27-29-31-33-35-38-40-44-48-52-56-60-66(71)68-64(63-69)65(70)59-55-51-47-43-14-12-10-8-6-4-2/h7,9,13,15,20,22,26,28,64-65,69-70H,3-6,8,10-12,14,16-19,21,23-25,27,29-63H2,1-2H3,(H,68,71)/b9-7-,15-13-,22-20-,28-26-. The molecule has 0 heterocycles. The van der Waals surface area contributed by atoms with Crippen LogP contribution in [0.4, 0.5) is 0 Å². The first-order valence-electron chi connectivity index (χ1n) is 32.4. The fraction of sp³-hybridized carbons (Fsp3) is 0.851. The molecule has 0 aliphatic rings. The minimum Gasteiger partial charge on any atom is -0.466 e. The number of esters is 1. The number of ether oxygens (including phenoxy) is 1. The molecule has 0 saturated carbocycles. The number of carbonyl (C=O) groups is 2. The van der Waals surface area contributed by atoms with Crippen molar-refractivity contribution in [2.24, 2.45) is 0 Å². The Hall–Kier alpha value is -2.18. The number of nitrogens with one attached hydrogen (secondary N) is 1. The average Bonchev–Trinajstić information content (AvgIpc) is 3.39. The topological polar surface area (TPSA) is 95.9 Å². The molecule has 0 spiro atoms. The molecule has 6 nitrogen and oxygen atoms in total. The van der Waals surface area contributed by atoms with Crippen molar-refractivity contribution in [1.82, 2.24) is 5.32 Å². The zero-order valence-electron chi connectivity index (χ0n) is 48.9. The summed E-state index contributed by atoms with van der Waals surface area (Å²) < 4.78 is 5.47. The quantitative estimate of drug-likeness (QED) is 0.0320. The van der Waals surface area contributed by atoms with E-state index in [4.69, 9.17) is 4.74 Å². The van der Waals surface area contributed by atoms with E-state index < -0.39 is 12.1 Å². The molecule has 0 rings (SSSR count). The number of aliphatic hydroxyl groups excluding tert-OH is 2. The molecule has 0 aliphatic carbocycles. The maximum Gasteiger partial charge on any atom is 0.305 e. The van der Waals surface area contributed by atoms with Crippen LogP contribution in [0.1, 0.15) is 341 Å². The second-order valence-electron chi connectivity index (χ2n) is 22.1. The third-order valence-electron chi connectivity index (χ3n) is 14.8. The van der Waals surface area contributed by atoms with Crippen LogP contribution in [0, 0.1) is 0 Å². The highest BCUT2D eigenvalue weighted by Gasteiger charge is 2.20. The summed E-state index contributed by atoms with van der Waals surface area (Å²) in [6.07, 6.45) is 80.1. The Morgan fingerprint density at radius 1 is 0.384 bits per heavy atom.